The zero-order valence-electron chi connectivity index (χ0n) is 83.5. The van der Waals surface area contributed by atoms with Gasteiger partial charge in [-0.25, -0.2) is 49.5 Å². The number of fused-ring (bicyclic) bond motifs is 4. The van der Waals surface area contributed by atoms with E-state index in [0.717, 1.165) is 214 Å². The predicted octanol–water partition coefficient (Wildman–Crippen LogP) is 20.3. The summed E-state index contributed by atoms with van der Waals surface area (Å²) in [7, 11) is -3.35. The number of carboxylic acids is 1. The lowest BCUT2D eigenvalue weighted by molar-refractivity contribution is -0.136. The van der Waals surface area contributed by atoms with Gasteiger partial charge >= 0.3 is 18.2 Å². The standard InChI is InChI=1S/C27H41N5O4Si.C23H37BrN4O3Si.C22H33N5O2Si.C19H20N6O2.C4H5NO.C3H3NO2/c1-19-15-29-25(35-19)22-16-28-24-21(10-12-32(24)18-34-13-14-37(5,6)7)23(22)30-20-9-8-11-31(17-20)26(33)36-27(2,3)4;1-23(2,3)31-22(29)27-10-7-8-17(15-27)26-20-18-9-11-28(21(18)25-14-19(20)24)16-30-12-13-32(4,5)6;1-16-12-25-22(29-16)19-14-24-21-18(20(19)26-17-6-5-8-23-13-17)7-9-27(21)15-28-10-11-30(2,3)4;1-12-9-23-19(27-12)15-10-22-18-14(5-7-21-18)17(15)24-13-3-2-8-25(11-13)16(26)4-6-20;1-4-2-5-3-6-4;4-2-1-3(5)6/h10,12,15-16,20H,8-9,11,13-14,17-18H2,1-7H3,(H,28,30);9,11,14,17H,7-8,10,12-13,15-16H2,1-6H3,(H,25,26);7,9,12,14,17,23H,5-6,8,10-11,13,15H2,1-4H3,(H,24,26);5,7,9-10,13H,2-4,8,11H2,1H3,(H2,21,22,24);2-3H,1H3;1H2,(H,5,6)/t20-;2*17-;13-;;/m1111../s1. The molecule has 0 aromatic carbocycles. The minimum atomic E-state index is -1.15. The zero-order chi connectivity index (χ0) is 99.7. The number of rotatable bonds is 28. The molecule has 0 spiro atoms. The molecule has 0 unspecified atom stereocenters. The third-order valence-corrected chi connectivity index (χ3v) is 28.5. The number of likely N-dealkylation sites (tertiary alicyclic amines) is 3. The monoisotopic (exact) mass is 2010 g/mol. The summed E-state index contributed by atoms with van der Waals surface area (Å²) in [5.41, 5.74) is 8.74. The number of aliphatic carboxylic acids is 1. The molecule has 7 N–H and O–H groups in total. The smallest absolute Gasteiger partial charge is 0.410 e. The van der Waals surface area contributed by atoms with Crippen LogP contribution in [0.2, 0.25) is 77.1 Å². The number of aryl methyl sites for hydroxylation is 4. The Kier molecular flexibility index (Phi) is 38.0. The molecule has 0 aliphatic carbocycles. The Morgan fingerprint density at radius 3 is 1.25 bits per heavy atom. The van der Waals surface area contributed by atoms with E-state index in [2.05, 4.69) is 165 Å². The van der Waals surface area contributed by atoms with Crippen LogP contribution < -0.4 is 26.6 Å². The minimum absolute atomic E-state index is 0.0537. The van der Waals surface area contributed by atoms with Gasteiger partial charge in [-0.05, 0) is 185 Å². The summed E-state index contributed by atoms with van der Waals surface area (Å²) in [4.78, 5) is 90.7. The fourth-order valence-electron chi connectivity index (χ4n) is 15.7. The van der Waals surface area contributed by atoms with Crippen LogP contribution in [0.15, 0.2) is 127 Å². The number of nitrogens with one attached hydrogen (secondary N) is 6. The maximum atomic E-state index is 12.7. The van der Waals surface area contributed by atoms with Crippen LogP contribution in [0.5, 0.6) is 0 Å². The highest BCUT2D eigenvalue weighted by molar-refractivity contribution is 9.10. The van der Waals surface area contributed by atoms with E-state index >= 15 is 0 Å². The third kappa shape index (κ3) is 32.4. The second-order valence-corrected chi connectivity index (χ2v) is 58.5. The number of aromatic amines is 1. The quantitative estimate of drug-likeness (QED) is 0.0177. The van der Waals surface area contributed by atoms with Crippen LogP contribution in [0.25, 0.3) is 78.5 Å². The lowest BCUT2D eigenvalue weighted by Crippen LogP contribution is -2.47. The Morgan fingerprint density at radius 1 is 0.493 bits per heavy atom. The molecule has 16 rings (SSSR count). The number of ether oxygens (including phenoxy) is 5. The number of hydrogen-bond donors (Lipinski definition) is 7. The molecule has 4 atom stereocenters. The van der Waals surface area contributed by atoms with Crippen molar-refractivity contribution in [2.75, 3.05) is 93.4 Å². The molecule has 0 bridgehead atoms. The molecule has 4 aliphatic heterocycles. The highest BCUT2D eigenvalue weighted by atomic mass is 79.9. The number of halogens is 1. The molecule has 12 aromatic rings. The first-order valence-electron chi connectivity index (χ1n) is 47.4. The van der Waals surface area contributed by atoms with Crippen molar-refractivity contribution in [2.24, 2.45) is 0 Å². The lowest BCUT2D eigenvalue weighted by Gasteiger charge is -2.35. The summed E-state index contributed by atoms with van der Waals surface area (Å²) in [6.07, 6.45) is 30.3. The normalized spacial score (nSPS) is 16.4. The van der Waals surface area contributed by atoms with Crippen molar-refractivity contribution >= 4 is 131 Å². The first-order chi connectivity index (χ1) is 65.5. The van der Waals surface area contributed by atoms with Crippen molar-refractivity contribution in [1.82, 2.24) is 78.6 Å². The molecule has 138 heavy (non-hydrogen) atoms. The largest absolute Gasteiger partial charge is 0.480 e. The van der Waals surface area contributed by atoms with Gasteiger partial charge in [0, 0.05) is 185 Å². The van der Waals surface area contributed by atoms with Crippen LogP contribution in [0.1, 0.15) is 129 Å². The van der Waals surface area contributed by atoms with Crippen molar-refractivity contribution in [3.05, 3.63) is 133 Å². The number of H-pyrrole nitrogens is 1. The molecule has 4 fully saturated rings. The van der Waals surface area contributed by atoms with Gasteiger partial charge in [-0.15, -0.1) is 0 Å². The number of nitriles is 2. The highest BCUT2D eigenvalue weighted by Gasteiger charge is 2.34. The van der Waals surface area contributed by atoms with E-state index in [4.69, 9.17) is 67.0 Å². The van der Waals surface area contributed by atoms with E-state index in [1.54, 1.807) is 45.7 Å². The second kappa shape index (κ2) is 49.2. The maximum Gasteiger partial charge on any atom is 0.410 e. The van der Waals surface area contributed by atoms with Crippen LogP contribution in [0.3, 0.4) is 0 Å². The second-order valence-electron chi connectivity index (χ2n) is 40.8. The number of anilines is 4. The summed E-state index contributed by atoms with van der Waals surface area (Å²) in [6, 6.07) is 15.7. The molecule has 40 heteroatoms. The van der Waals surface area contributed by atoms with Gasteiger partial charge in [0.2, 0.25) is 23.6 Å². The van der Waals surface area contributed by atoms with Gasteiger partial charge in [-0.2, -0.15) is 10.5 Å². The first kappa shape index (κ1) is 107. The zero-order valence-corrected chi connectivity index (χ0v) is 88.1. The third-order valence-electron chi connectivity index (χ3n) is 22.8. The SMILES string of the molecule is CC(C)(C)OC(=O)N1CCC[C@@H](Nc2c(Br)cnc3c2ccn3COCC[Si](C)(C)C)C1.Cc1cnc(-c2cnc3[nH]ccc3c2N[C@@H]2CCCN(C(=O)CC#N)C2)o1.Cc1cnc(-c2cnc3c(ccn3COCC[Si](C)(C)C)c2N[C@@H]2CCCN(C(=O)OC(C)(C)C)C2)o1.Cc1cnc(-c2cnc3c(ccn3COCC[Si](C)(C)C)c2N[C@@H]2CCCNC2)o1.Cc1cnco1.N#CCC(=O)O. The number of amides is 3. The topological polar surface area (TPSA) is 438 Å². The molecule has 36 nitrogen and oxygen atoms in total. The van der Waals surface area contributed by atoms with Crippen LogP contribution in [-0.2, 0) is 53.5 Å². The first-order valence-corrected chi connectivity index (χ1v) is 59.3. The molecular formula is C98H139BrN22O14Si3. The van der Waals surface area contributed by atoms with Gasteiger partial charge < -0.3 is 106 Å². The molecule has 3 amide bonds. The Morgan fingerprint density at radius 2 is 0.884 bits per heavy atom. The molecule has 4 saturated heterocycles. The van der Waals surface area contributed by atoms with E-state index in [-0.39, 0.29) is 42.6 Å². The van der Waals surface area contributed by atoms with E-state index in [1.165, 1.54) is 18.9 Å². The van der Waals surface area contributed by atoms with Crippen molar-refractivity contribution in [2.45, 2.75) is 266 Å². The number of carbonyl (C=O) groups excluding carboxylic acids is 3. The van der Waals surface area contributed by atoms with E-state index in [0.29, 0.717) is 76.6 Å². The average molecular weight is 2010 g/mol. The van der Waals surface area contributed by atoms with Crippen LogP contribution in [0, 0.1) is 50.4 Å². The number of oxazole rings is 4. The Hall–Kier alpha value is -11.8. The van der Waals surface area contributed by atoms with Crippen LogP contribution in [-0.4, -0.2) is 234 Å². The summed E-state index contributed by atoms with van der Waals surface area (Å²) in [5.74, 6) is 3.57. The number of pyridine rings is 4. The summed E-state index contributed by atoms with van der Waals surface area (Å²) >= 11 is 3.66. The van der Waals surface area contributed by atoms with Gasteiger partial charge in [0.15, 0.2) is 6.39 Å². The fourth-order valence-corrected chi connectivity index (χ4v) is 18.4. The van der Waals surface area contributed by atoms with E-state index < -0.39 is 47.8 Å². The Bertz CT molecular complexity index is 6050. The molecule has 12 aromatic heterocycles. The number of carbonyl (C=O) groups is 4. The van der Waals surface area contributed by atoms with E-state index in [1.807, 2.05) is 128 Å². The van der Waals surface area contributed by atoms with Crippen LogP contribution in [0.4, 0.5) is 32.3 Å². The van der Waals surface area contributed by atoms with Gasteiger partial charge in [0.05, 0.1) is 80.8 Å². The summed E-state index contributed by atoms with van der Waals surface area (Å²) in [5, 5.41) is 46.3. The fraction of sp³-hybridized carbons (Fsp3) is 0.531. The minimum Gasteiger partial charge on any atom is -0.480 e. The Labute approximate surface area is 819 Å². The molecular weight excluding hydrogens is 1870 g/mol. The van der Waals surface area contributed by atoms with Crippen molar-refractivity contribution in [3.8, 4) is 46.5 Å². The average Bonchev–Trinajstić information content (AvgIpc) is 1.55. The highest BCUT2D eigenvalue weighted by Crippen LogP contribution is 2.40. The molecule has 744 valence electrons. The Balaban J connectivity index is 0.000000170. The predicted molar refractivity (Wildman–Crippen MR) is 547 cm³/mol. The van der Waals surface area contributed by atoms with Crippen molar-refractivity contribution < 1.29 is 65.6 Å². The van der Waals surface area contributed by atoms with Crippen LogP contribution >= 0.6 is 15.9 Å². The molecule has 0 radical (unpaired) electrons. The van der Waals surface area contributed by atoms with Crippen molar-refractivity contribution in [1.29, 1.82) is 10.5 Å². The summed E-state index contributed by atoms with van der Waals surface area (Å²) in [6.45, 7) is 49.8. The van der Waals surface area contributed by atoms with Gasteiger partial charge in [0.1, 0.15) is 89.9 Å². The lowest BCUT2D eigenvalue weighted by atomic mass is 10.0. The number of carboxylic acid groups (broad SMARTS) is 1. The number of hydrogen-bond acceptors (Lipinski definition) is 28. The van der Waals surface area contributed by atoms with Gasteiger partial charge in [-0.1, -0.05) is 58.9 Å². The summed E-state index contributed by atoms with van der Waals surface area (Å²) < 4.78 is 58.3. The van der Waals surface area contributed by atoms with Gasteiger partial charge in [-0.3, -0.25) is 9.59 Å². The number of piperidine rings is 4. The number of nitrogens with zero attached hydrogens (tertiary/aromatic N) is 16. The molecule has 16 heterocycles. The number of aromatic nitrogens is 12. The van der Waals surface area contributed by atoms with E-state index in [9.17, 15) is 19.2 Å². The maximum absolute atomic E-state index is 12.7. The van der Waals surface area contributed by atoms with Gasteiger partial charge in [0.25, 0.3) is 0 Å². The van der Waals surface area contributed by atoms with Crippen molar-refractivity contribution in [3.63, 3.8) is 0 Å². The molecule has 4 aliphatic rings. The molecule has 0 saturated carbocycles.